The van der Waals surface area contributed by atoms with Crippen molar-refractivity contribution in [3.05, 3.63) is 12.1 Å². The SMILES string of the molecule is FC(F)=C(F)OC(F)(F)C(F)(F)OC(F)(F)C(F)(F)OC(F)(F)C(F)(F)C(F)(F)F. The summed E-state index contributed by atoms with van der Waals surface area (Å²) in [5, 5.41) is 0. The van der Waals surface area contributed by atoms with Crippen LogP contribution in [0.4, 0.5) is 79.0 Å². The van der Waals surface area contributed by atoms with E-state index in [1.165, 1.54) is 9.47 Å². The maximum Gasteiger partial charge on any atom is 0.496 e. The van der Waals surface area contributed by atoms with E-state index >= 15 is 0 Å². The average Bonchev–Trinajstić information content (AvgIpc) is 2.42. The zero-order valence-electron chi connectivity index (χ0n) is 12.5. The molecule has 0 amide bonds. The molecule has 0 aromatic carbocycles. The van der Waals surface area contributed by atoms with Crippen LogP contribution in [-0.2, 0) is 14.2 Å². The highest BCUT2D eigenvalue weighted by atomic mass is 19.4. The Morgan fingerprint density at radius 1 is 0.433 bits per heavy atom. The van der Waals surface area contributed by atoms with Gasteiger partial charge in [0.05, 0.1) is 0 Å². The molecule has 0 aromatic rings. The number of hydrogen-bond donors (Lipinski definition) is 0. The summed E-state index contributed by atoms with van der Waals surface area (Å²) in [4.78, 5) is 0. The fourth-order valence-corrected chi connectivity index (χ4v) is 0.940. The van der Waals surface area contributed by atoms with Crippen LogP contribution in [0.1, 0.15) is 0 Å². The Kier molecular flexibility index (Phi) is 7.25. The van der Waals surface area contributed by atoms with Crippen LogP contribution in [-0.4, -0.2) is 42.6 Å². The number of hydrogen-bond acceptors (Lipinski definition) is 3. The molecule has 3 nitrogen and oxygen atoms in total. The van der Waals surface area contributed by atoms with Crippen molar-refractivity contribution in [1.29, 1.82) is 0 Å². The highest BCUT2D eigenvalue weighted by Crippen LogP contribution is 2.53. The van der Waals surface area contributed by atoms with E-state index in [2.05, 4.69) is 0 Å². The molecule has 30 heavy (non-hydrogen) atoms. The Labute approximate surface area is 149 Å². The van der Waals surface area contributed by atoms with Gasteiger partial charge in [-0.25, -0.2) is 9.47 Å². The van der Waals surface area contributed by atoms with E-state index in [4.69, 9.17) is 0 Å². The summed E-state index contributed by atoms with van der Waals surface area (Å²) in [7, 11) is 0. The molecule has 0 aliphatic heterocycles. The lowest BCUT2D eigenvalue weighted by Crippen LogP contribution is -2.61. The van der Waals surface area contributed by atoms with Gasteiger partial charge in [-0.15, -0.1) is 0 Å². The summed E-state index contributed by atoms with van der Waals surface area (Å²) in [6.07, 6.45) is -48.6. The Morgan fingerprint density at radius 2 is 0.733 bits per heavy atom. The van der Waals surface area contributed by atoms with Crippen molar-refractivity contribution < 1.29 is 93.2 Å². The van der Waals surface area contributed by atoms with Gasteiger partial charge in [0.1, 0.15) is 0 Å². The molecule has 0 aliphatic carbocycles. The molecule has 180 valence electrons. The van der Waals surface area contributed by atoms with E-state index in [9.17, 15) is 79.0 Å². The minimum atomic E-state index is -7.67. The van der Waals surface area contributed by atoms with Crippen LogP contribution in [0.15, 0.2) is 12.1 Å². The fourth-order valence-electron chi connectivity index (χ4n) is 0.940. The maximum atomic E-state index is 12.9. The van der Waals surface area contributed by atoms with Gasteiger partial charge in [-0.1, -0.05) is 0 Å². The Hall–Kier alpha value is -1.80. The first-order chi connectivity index (χ1) is 12.7. The topological polar surface area (TPSA) is 27.7 Å². The van der Waals surface area contributed by atoms with Gasteiger partial charge >= 0.3 is 54.7 Å². The molecule has 0 atom stereocenters. The Morgan fingerprint density at radius 3 is 1.03 bits per heavy atom. The monoisotopic (exact) mass is 498 g/mol. The molecule has 0 aliphatic rings. The second kappa shape index (κ2) is 7.71. The molecule has 0 rings (SSSR count). The van der Waals surface area contributed by atoms with Gasteiger partial charge < -0.3 is 4.74 Å². The van der Waals surface area contributed by atoms with E-state index in [-0.39, 0.29) is 0 Å². The average molecular weight is 498 g/mol. The van der Waals surface area contributed by atoms with Crippen LogP contribution in [0, 0.1) is 0 Å². The Bertz CT molecular complexity index is 644. The lowest BCUT2D eigenvalue weighted by atomic mass is 10.3. The van der Waals surface area contributed by atoms with Gasteiger partial charge in [0.15, 0.2) is 0 Å². The summed E-state index contributed by atoms with van der Waals surface area (Å²) in [6, 6.07) is -3.90. The standard InChI is InChI=1S/C9F18O3/c10-1(11)2(12)28-6(20,21)7(22,23)30-9(26,27)8(24,25)29-5(18,19)3(13,14)4(15,16)17. The molecule has 0 saturated carbocycles. The van der Waals surface area contributed by atoms with Crippen LogP contribution < -0.4 is 0 Å². The summed E-state index contributed by atoms with van der Waals surface area (Å²) in [6.45, 7) is 0. The van der Waals surface area contributed by atoms with Gasteiger partial charge in [0, 0.05) is 0 Å². The predicted molar refractivity (Wildman–Crippen MR) is 49.3 cm³/mol. The first kappa shape index (κ1) is 28.2. The first-order valence-corrected chi connectivity index (χ1v) is 5.88. The summed E-state index contributed by atoms with van der Waals surface area (Å²) < 4.78 is 227. The van der Waals surface area contributed by atoms with Gasteiger partial charge in [-0.2, -0.15) is 79.0 Å². The van der Waals surface area contributed by atoms with Crippen molar-refractivity contribution in [2.75, 3.05) is 0 Å². The number of alkyl halides is 15. The van der Waals surface area contributed by atoms with Gasteiger partial charge in [0.25, 0.3) is 0 Å². The number of rotatable bonds is 9. The highest BCUT2D eigenvalue weighted by Gasteiger charge is 2.80. The molecule has 0 unspecified atom stereocenters. The third kappa shape index (κ3) is 5.46. The number of halogens is 18. The van der Waals surface area contributed by atoms with Crippen molar-refractivity contribution in [3.8, 4) is 0 Å². The van der Waals surface area contributed by atoms with E-state index < -0.39 is 54.7 Å². The van der Waals surface area contributed by atoms with Crippen LogP contribution in [0.3, 0.4) is 0 Å². The molecule has 0 aromatic heterocycles. The number of ether oxygens (including phenoxy) is 3. The molecule has 0 heterocycles. The van der Waals surface area contributed by atoms with Crippen LogP contribution in [0.25, 0.3) is 0 Å². The van der Waals surface area contributed by atoms with E-state index in [0.29, 0.717) is 0 Å². The molecule has 0 spiro atoms. The molecule has 0 radical (unpaired) electrons. The minimum absolute atomic E-state index is 1.23. The highest BCUT2D eigenvalue weighted by molar-refractivity contribution is 4.88. The maximum absolute atomic E-state index is 12.9. The predicted octanol–water partition coefficient (Wildman–Crippen LogP) is 6.23. The van der Waals surface area contributed by atoms with Crippen LogP contribution in [0.2, 0.25) is 0 Å². The lowest BCUT2D eigenvalue weighted by molar-refractivity contribution is -0.559. The van der Waals surface area contributed by atoms with Crippen LogP contribution >= 0.6 is 0 Å². The van der Waals surface area contributed by atoms with E-state index in [1.807, 2.05) is 4.74 Å². The smallest absolute Gasteiger partial charge is 0.396 e. The van der Waals surface area contributed by atoms with E-state index in [0.717, 1.165) is 0 Å². The molecule has 0 fully saturated rings. The van der Waals surface area contributed by atoms with Crippen molar-refractivity contribution in [2.45, 2.75) is 42.6 Å². The third-order valence-corrected chi connectivity index (χ3v) is 2.28. The molecule has 0 saturated heterocycles. The van der Waals surface area contributed by atoms with Crippen molar-refractivity contribution in [2.24, 2.45) is 0 Å². The zero-order chi connectivity index (χ0) is 24.8. The third-order valence-electron chi connectivity index (χ3n) is 2.28. The lowest BCUT2D eigenvalue weighted by Gasteiger charge is -2.34. The second-order valence-corrected chi connectivity index (χ2v) is 4.50. The zero-order valence-corrected chi connectivity index (χ0v) is 12.5. The van der Waals surface area contributed by atoms with Gasteiger partial charge in [-0.3, -0.25) is 0 Å². The minimum Gasteiger partial charge on any atom is -0.396 e. The summed E-state index contributed by atoms with van der Waals surface area (Å²) in [5.74, 6) is -7.67. The van der Waals surface area contributed by atoms with Crippen molar-refractivity contribution in [1.82, 2.24) is 0 Å². The van der Waals surface area contributed by atoms with Crippen molar-refractivity contribution in [3.63, 3.8) is 0 Å². The second-order valence-electron chi connectivity index (χ2n) is 4.50. The normalized spacial score (nSPS) is 15.3. The molecule has 0 bridgehead atoms. The molecular weight excluding hydrogens is 498 g/mol. The Balaban J connectivity index is 5.88. The largest absolute Gasteiger partial charge is 0.496 e. The molecular formula is C9F18O3. The van der Waals surface area contributed by atoms with E-state index in [1.54, 1.807) is 0 Å². The summed E-state index contributed by atoms with van der Waals surface area (Å²) >= 11 is 0. The summed E-state index contributed by atoms with van der Waals surface area (Å²) in [5.41, 5.74) is 0. The molecule has 21 heteroatoms. The molecule has 0 N–H and O–H groups in total. The van der Waals surface area contributed by atoms with Gasteiger partial charge in [0.2, 0.25) is 0 Å². The van der Waals surface area contributed by atoms with Gasteiger partial charge in [-0.05, 0) is 0 Å². The fraction of sp³-hybridized carbons (Fsp3) is 0.778. The first-order valence-electron chi connectivity index (χ1n) is 5.88. The van der Waals surface area contributed by atoms with Crippen LogP contribution in [0.5, 0.6) is 0 Å². The van der Waals surface area contributed by atoms with Crippen molar-refractivity contribution >= 4 is 0 Å². The quantitative estimate of drug-likeness (QED) is 0.279.